The minimum absolute atomic E-state index is 0. The fourth-order valence-corrected chi connectivity index (χ4v) is 2.08. The van der Waals surface area contributed by atoms with Crippen molar-refractivity contribution < 1.29 is 19.0 Å². The molecule has 1 heterocycles. The predicted molar refractivity (Wildman–Crippen MR) is 86.0 cm³/mol. The average molecular weight is 331 g/mol. The van der Waals surface area contributed by atoms with Gasteiger partial charge in [0.15, 0.2) is 0 Å². The van der Waals surface area contributed by atoms with Gasteiger partial charge in [0.1, 0.15) is 18.1 Å². The topological polar surface area (TPSA) is 68.8 Å². The maximum Gasteiger partial charge on any atom is 0.221 e. The quantitative estimate of drug-likeness (QED) is 0.730. The van der Waals surface area contributed by atoms with Crippen LogP contribution in [-0.4, -0.2) is 52.0 Å². The van der Waals surface area contributed by atoms with Gasteiger partial charge in [-0.1, -0.05) is 0 Å². The van der Waals surface area contributed by atoms with E-state index in [0.717, 1.165) is 18.0 Å². The summed E-state index contributed by atoms with van der Waals surface area (Å²) in [6, 6.07) is 7.46. The van der Waals surface area contributed by atoms with Crippen LogP contribution in [0.15, 0.2) is 24.3 Å². The highest BCUT2D eigenvalue weighted by atomic mass is 35.5. The first-order chi connectivity index (χ1) is 10.3. The SMILES string of the molecule is COc1ccc(OCCNC(=O)CC2COCCN2)cc1.Cl. The molecule has 2 N–H and O–H groups in total. The Morgan fingerprint density at radius 2 is 2.09 bits per heavy atom. The van der Waals surface area contributed by atoms with Crippen LogP contribution in [0.4, 0.5) is 0 Å². The number of methoxy groups -OCH3 is 1. The van der Waals surface area contributed by atoms with Gasteiger partial charge in [-0.15, -0.1) is 12.4 Å². The molecular formula is C15H23ClN2O4. The van der Waals surface area contributed by atoms with Crippen LogP contribution in [0.1, 0.15) is 6.42 Å². The van der Waals surface area contributed by atoms with E-state index in [2.05, 4.69) is 10.6 Å². The maximum atomic E-state index is 11.7. The van der Waals surface area contributed by atoms with Gasteiger partial charge >= 0.3 is 0 Å². The molecule has 1 aliphatic heterocycles. The summed E-state index contributed by atoms with van der Waals surface area (Å²) < 4.78 is 15.9. The molecule has 22 heavy (non-hydrogen) atoms. The molecule has 1 aliphatic rings. The van der Waals surface area contributed by atoms with Gasteiger partial charge in [0.2, 0.25) is 5.91 Å². The lowest BCUT2D eigenvalue weighted by Gasteiger charge is -2.23. The van der Waals surface area contributed by atoms with Gasteiger partial charge in [0.25, 0.3) is 0 Å². The van der Waals surface area contributed by atoms with Crippen LogP contribution in [0.2, 0.25) is 0 Å². The minimum Gasteiger partial charge on any atom is -0.497 e. The molecule has 1 aromatic rings. The van der Waals surface area contributed by atoms with E-state index in [1.54, 1.807) is 7.11 Å². The standard InChI is InChI=1S/C15H22N2O4.ClH/c1-19-13-2-4-14(5-3-13)21-9-7-17-15(18)10-12-11-20-8-6-16-12;/h2-5,12,16H,6-11H2,1H3,(H,17,18);1H. The van der Waals surface area contributed by atoms with Crippen molar-refractivity contribution in [3.63, 3.8) is 0 Å². The predicted octanol–water partition coefficient (Wildman–Crippen LogP) is 0.990. The van der Waals surface area contributed by atoms with Crippen molar-refractivity contribution in [1.82, 2.24) is 10.6 Å². The third kappa shape index (κ3) is 6.51. The van der Waals surface area contributed by atoms with E-state index in [1.165, 1.54) is 0 Å². The van der Waals surface area contributed by atoms with Crippen molar-refractivity contribution in [2.24, 2.45) is 0 Å². The van der Waals surface area contributed by atoms with Crippen molar-refractivity contribution >= 4 is 18.3 Å². The summed E-state index contributed by atoms with van der Waals surface area (Å²) in [7, 11) is 1.62. The molecule has 1 fully saturated rings. The number of hydrogen-bond acceptors (Lipinski definition) is 5. The molecule has 1 amide bonds. The maximum absolute atomic E-state index is 11.7. The highest BCUT2D eigenvalue weighted by molar-refractivity contribution is 5.85. The zero-order valence-electron chi connectivity index (χ0n) is 12.7. The third-order valence-corrected chi connectivity index (χ3v) is 3.18. The zero-order chi connectivity index (χ0) is 14.9. The minimum atomic E-state index is 0. The molecule has 2 rings (SSSR count). The highest BCUT2D eigenvalue weighted by Gasteiger charge is 2.16. The monoisotopic (exact) mass is 330 g/mol. The Hall–Kier alpha value is -1.50. The lowest BCUT2D eigenvalue weighted by atomic mass is 10.2. The summed E-state index contributed by atoms with van der Waals surface area (Å²) in [5.74, 6) is 1.56. The van der Waals surface area contributed by atoms with Gasteiger partial charge < -0.3 is 24.8 Å². The molecule has 0 saturated carbocycles. The third-order valence-electron chi connectivity index (χ3n) is 3.18. The van der Waals surface area contributed by atoms with Crippen molar-refractivity contribution in [2.75, 3.05) is 40.0 Å². The molecular weight excluding hydrogens is 308 g/mol. The van der Waals surface area contributed by atoms with Gasteiger partial charge in [0, 0.05) is 19.0 Å². The normalized spacial score (nSPS) is 17.2. The van der Waals surface area contributed by atoms with E-state index < -0.39 is 0 Å². The summed E-state index contributed by atoms with van der Waals surface area (Å²) in [5.41, 5.74) is 0. The van der Waals surface area contributed by atoms with E-state index in [9.17, 15) is 4.79 Å². The number of benzene rings is 1. The molecule has 0 bridgehead atoms. The molecule has 0 aromatic heterocycles. The van der Waals surface area contributed by atoms with Gasteiger partial charge in [-0.05, 0) is 24.3 Å². The summed E-state index contributed by atoms with van der Waals surface area (Å²) in [6.07, 6.45) is 0.433. The number of halogens is 1. The van der Waals surface area contributed by atoms with E-state index in [-0.39, 0.29) is 24.4 Å². The number of carbonyl (C=O) groups excluding carboxylic acids is 1. The Balaban J connectivity index is 0.00000242. The number of carbonyl (C=O) groups is 1. The number of amides is 1. The van der Waals surface area contributed by atoms with Crippen LogP contribution in [0.3, 0.4) is 0 Å². The Morgan fingerprint density at radius 1 is 1.36 bits per heavy atom. The highest BCUT2D eigenvalue weighted by Crippen LogP contribution is 2.16. The van der Waals surface area contributed by atoms with Crippen molar-refractivity contribution in [3.05, 3.63) is 24.3 Å². The molecule has 0 spiro atoms. The summed E-state index contributed by atoms with van der Waals surface area (Å²) in [6.45, 7) is 3.03. The first kappa shape index (κ1) is 18.5. The lowest BCUT2D eigenvalue weighted by Crippen LogP contribution is -2.44. The molecule has 7 heteroatoms. The van der Waals surface area contributed by atoms with Crippen LogP contribution in [0, 0.1) is 0 Å². The molecule has 1 unspecified atom stereocenters. The Labute approximate surface area is 136 Å². The fourth-order valence-electron chi connectivity index (χ4n) is 2.08. The van der Waals surface area contributed by atoms with Crippen molar-refractivity contribution in [3.8, 4) is 11.5 Å². The summed E-state index contributed by atoms with van der Waals surface area (Å²) >= 11 is 0. The zero-order valence-corrected chi connectivity index (χ0v) is 13.5. The summed E-state index contributed by atoms with van der Waals surface area (Å²) in [4.78, 5) is 11.7. The fraction of sp³-hybridized carbons (Fsp3) is 0.533. The Bertz CT molecular complexity index is 436. The number of ether oxygens (including phenoxy) is 3. The number of rotatable bonds is 7. The lowest BCUT2D eigenvalue weighted by molar-refractivity contribution is -0.122. The van der Waals surface area contributed by atoms with E-state index >= 15 is 0 Å². The molecule has 1 aromatic carbocycles. The second-order valence-electron chi connectivity index (χ2n) is 4.80. The van der Waals surface area contributed by atoms with Gasteiger partial charge in [-0.2, -0.15) is 0 Å². The number of hydrogen-bond donors (Lipinski definition) is 2. The van der Waals surface area contributed by atoms with E-state index in [1.807, 2.05) is 24.3 Å². The summed E-state index contributed by atoms with van der Waals surface area (Å²) in [5, 5.41) is 6.09. The molecule has 1 saturated heterocycles. The first-order valence-electron chi connectivity index (χ1n) is 7.12. The van der Waals surface area contributed by atoms with Crippen LogP contribution < -0.4 is 20.1 Å². The number of morpholine rings is 1. The van der Waals surface area contributed by atoms with Crippen LogP contribution in [0.25, 0.3) is 0 Å². The van der Waals surface area contributed by atoms with Crippen molar-refractivity contribution in [2.45, 2.75) is 12.5 Å². The van der Waals surface area contributed by atoms with Crippen LogP contribution >= 0.6 is 12.4 Å². The number of nitrogens with one attached hydrogen (secondary N) is 2. The molecule has 0 radical (unpaired) electrons. The van der Waals surface area contributed by atoms with E-state index in [0.29, 0.717) is 32.8 Å². The van der Waals surface area contributed by atoms with Gasteiger partial charge in [-0.3, -0.25) is 4.79 Å². The molecule has 1 atom stereocenters. The second kappa shape index (κ2) is 10.3. The largest absolute Gasteiger partial charge is 0.497 e. The Kier molecular flexibility index (Phi) is 8.65. The first-order valence-corrected chi connectivity index (χ1v) is 7.12. The van der Waals surface area contributed by atoms with E-state index in [4.69, 9.17) is 14.2 Å². The van der Waals surface area contributed by atoms with Crippen LogP contribution in [-0.2, 0) is 9.53 Å². The molecule has 6 nitrogen and oxygen atoms in total. The average Bonchev–Trinajstić information content (AvgIpc) is 2.53. The van der Waals surface area contributed by atoms with Crippen molar-refractivity contribution in [1.29, 1.82) is 0 Å². The van der Waals surface area contributed by atoms with Crippen LogP contribution in [0.5, 0.6) is 11.5 Å². The van der Waals surface area contributed by atoms with Gasteiger partial charge in [0.05, 0.1) is 26.9 Å². The smallest absolute Gasteiger partial charge is 0.221 e. The van der Waals surface area contributed by atoms with Gasteiger partial charge in [-0.25, -0.2) is 0 Å². The molecule has 124 valence electrons. The second-order valence-corrected chi connectivity index (χ2v) is 4.80. The molecule has 0 aliphatic carbocycles. The Morgan fingerprint density at radius 3 is 2.73 bits per heavy atom.